The molecule has 0 aromatic heterocycles. The number of hydrogen-bond acceptors (Lipinski definition) is 3. The predicted molar refractivity (Wildman–Crippen MR) is 68.3 cm³/mol. The second-order valence-electron chi connectivity index (χ2n) is 4.77. The highest BCUT2D eigenvalue weighted by Gasteiger charge is 2.25. The van der Waals surface area contributed by atoms with E-state index in [1.807, 2.05) is 6.07 Å². The third-order valence-electron chi connectivity index (χ3n) is 2.49. The SMILES string of the molecule is COc1cc(O)ccc1[C@H](N)C(C)(C)C.Cl. The van der Waals surface area contributed by atoms with E-state index in [1.54, 1.807) is 19.2 Å². The van der Waals surface area contributed by atoms with Crippen molar-refractivity contribution in [1.29, 1.82) is 0 Å². The Hall–Kier alpha value is -0.930. The van der Waals surface area contributed by atoms with E-state index in [2.05, 4.69) is 20.8 Å². The van der Waals surface area contributed by atoms with Crippen LogP contribution < -0.4 is 10.5 Å². The average Bonchev–Trinajstić information content (AvgIpc) is 2.15. The number of rotatable bonds is 2. The summed E-state index contributed by atoms with van der Waals surface area (Å²) in [5.74, 6) is 0.828. The smallest absolute Gasteiger partial charge is 0.127 e. The molecule has 1 aromatic rings. The number of hydrogen-bond donors (Lipinski definition) is 2. The first kappa shape index (κ1) is 15.1. The summed E-state index contributed by atoms with van der Waals surface area (Å²) in [6, 6.07) is 4.90. The van der Waals surface area contributed by atoms with Gasteiger partial charge in [0.1, 0.15) is 11.5 Å². The first-order valence-corrected chi connectivity index (χ1v) is 4.98. The molecule has 4 heteroatoms. The molecule has 1 rings (SSSR count). The number of aromatic hydroxyl groups is 1. The number of halogens is 1. The van der Waals surface area contributed by atoms with Gasteiger partial charge in [-0.25, -0.2) is 0 Å². The van der Waals surface area contributed by atoms with Crippen LogP contribution in [0.2, 0.25) is 0 Å². The van der Waals surface area contributed by atoms with Crippen molar-refractivity contribution in [3.63, 3.8) is 0 Å². The van der Waals surface area contributed by atoms with E-state index in [1.165, 1.54) is 0 Å². The van der Waals surface area contributed by atoms with Crippen LogP contribution in [0.3, 0.4) is 0 Å². The summed E-state index contributed by atoms with van der Waals surface area (Å²) in [7, 11) is 1.58. The van der Waals surface area contributed by atoms with Crippen LogP contribution >= 0.6 is 12.4 Å². The highest BCUT2D eigenvalue weighted by atomic mass is 35.5. The van der Waals surface area contributed by atoms with E-state index in [4.69, 9.17) is 10.5 Å². The first-order chi connectivity index (χ1) is 6.86. The minimum atomic E-state index is -0.118. The third kappa shape index (κ3) is 3.29. The third-order valence-corrected chi connectivity index (χ3v) is 2.49. The maximum absolute atomic E-state index is 9.33. The summed E-state index contributed by atoms with van der Waals surface area (Å²) < 4.78 is 5.20. The molecule has 3 N–H and O–H groups in total. The molecule has 0 unspecified atom stereocenters. The van der Waals surface area contributed by atoms with Gasteiger partial charge >= 0.3 is 0 Å². The van der Waals surface area contributed by atoms with Crippen molar-refractivity contribution in [3.8, 4) is 11.5 Å². The summed E-state index contributed by atoms with van der Waals surface area (Å²) in [5, 5.41) is 9.33. The molecule has 16 heavy (non-hydrogen) atoms. The minimum Gasteiger partial charge on any atom is -0.508 e. The lowest BCUT2D eigenvalue weighted by Gasteiger charge is -2.28. The Labute approximate surface area is 103 Å². The van der Waals surface area contributed by atoms with Crippen molar-refractivity contribution in [2.75, 3.05) is 7.11 Å². The van der Waals surface area contributed by atoms with E-state index in [-0.39, 0.29) is 29.6 Å². The lowest BCUT2D eigenvalue weighted by Crippen LogP contribution is -2.26. The molecule has 0 heterocycles. The Kier molecular flexibility index (Phi) is 5.10. The van der Waals surface area contributed by atoms with E-state index in [0.29, 0.717) is 5.75 Å². The second kappa shape index (κ2) is 5.41. The van der Waals surface area contributed by atoms with E-state index in [0.717, 1.165) is 5.56 Å². The molecular weight excluding hydrogens is 226 g/mol. The van der Waals surface area contributed by atoms with Crippen LogP contribution in [0.15, 0.2) is 18.2 Å². The van der Waals surface area contributed by atoms with Gasteiger partial charge in [-0.2, -0.15) is 0 Å². The second-order valence-corrected chi connectivity index (χ2v) is 4.77. The number of benzene rings is 1. The van der Waals surface area contributed by atoms with Crippen LogP contribution in [0.5, 0.6) is 11.5 Å². The maximum Gasteiger partial charge on any atom is 0.127 e. The van der Waals surface area contributed by atoms with Crippen LogP contribution in [0, 0.1) is 5.41 Å². The Morgan fingerprint density at radius 3 is 2.31 bits per heavy atom. The zero-order chi connectivity index (χ0) is 11.6. The number of nitrogens with two attached hydrogens (primary N) is 1. The molecule has 0 saturated heterocycles. The highest BCUT2D eigenvalue weighted by molar-refractivity contribution is 5.85. The van der Waals surface area contributed by atoms with Crippen molar-refractivity contribution < 1.29 is 9.84 Å². The molecule has 0 radical (unpaired) electrons. The molecule has 1 aromatic carbocycles. The van der Waals surface area contributed by atoms with Crippen LogP contribution in [-0.2, 0) is 0 Å². The maximum atomic E-state index is 9.33. The van der Waals surface area contributed by atoms with Gasteiger partial charge in [-0.15, -0.1) is 12.4 Å². The molecule has 0 fully saturated rings. The summed E-state index contributed by atoms with van der Waals surface area (Å²) >= 11 is 0. The van der Waals surface area contributed by atoms with Crippen molar-refractivity contribution in [3.05, 3.63) is 23.8 Å². The van der Waals surface area contributed by atoms with E-state index in [9.17, 15) is 5.11 Å². The lowest BCUT2D eigenvalue weighted by atomic mass is 9.83. The van der Waals surface area contributed by atoms with Crippen molar-refractivity contribution in [2.45, 2.75) is 26.8 Å². The van der Waals surface area contributed by atoms with Gasteiger partial charge in [-0.3, -0.25) is 0 Å². The Balaban J connectivity index is 0.00000225. The number of phenolic OH excluding ortho intramolecular Hbond substituents is 1. The van der Waals surface area contributed by atoms with E-state index >= 15 is 0 Å². The number of phenols is 1. The summed E-state index contributed by atoms with van der Waals surface area (Å²) in [6.07, 6.45) is 0. The van der Waals surface area contributed by atoms with Gasteiger partial charge in [0.15, 0.2) is 0 Å². The highest BCUT2D eigenvalue weighted by Crippen LogP contribution is 2.36. The zero-order valence-electron chi connectivity index (χ0n) is 10.2. The van der Waals surface area contributed by atoms with Crippen molar-refractivity contribution in [1.82, 2.24) is 0 Å². The normalized spacial score (nSPS) is 12.8. The van der Waals surface area contributed by atoms with Gasteiger partial charge in [0.05, 0.1) is 7.11 Å². The molecule has 0 spiro atoms. The van der Waals surface area contributed by atoms with Crippen molar-refractivity contribution in [2.24, 2.45) is 11.1 Å². The zero-order valence-corrected chi connectivity index (χ0v) is 11.0. The van der Waals surface area contributed by atoms with Gasteiger partial charge in [0, 0.05) is 17.7 Å². The average molecular weight is 246 g/mol. The number of methoxy groups -OCH3 is 1. The van der Waals surface area contributed by atoms with Gasteiger partial charge in [-0.05, 0) is 11.5 Å². The summed E-state index contributed by atoms with van der Waals surface area (Å²) in [4.78, 5) is 0. The fourth-order valence-corrected chi connectivity index (χ4v) is 1.42. The Morgan fingerprint density at radius 2 is 1.88 bits per heavy atom. The quantitative estimate of drug-likeness (QED) is 0.843. The van der Waals surface area contributed by atoms with Crippen LogP contribution in [0.1, 0.15) is 32.4 Å². The molecule has 0 saturated carbocycles. The molecule has 0 amide bonds. The van der Waals surface area contributed by atoms with Crippen molar-refractivity contribution >= 4 is 12.4 Å². The lowest BCUT2D eigenvalue weighted by molar-refractivity contribution is 0.313. The standard InChI is InChI=1S/C12H19NO2.ClH/c1-12(2,3)11(13)9-6-5-8(14)7-10(9)15-4;/h5-7,11,14H,13H2,1-4H3;1H/t11-;/m0./s1. The predicted octanol–water partition coefficient (Wildman–Crippen LogP) is 2.87. The minimum absolute atomic E-state index is 0. The van der Waals surface area contributed by atoms with E-state index < -0.39 is 0 Å². The monoisotopic (exact) mass is 245 g/mol. The van der Waals surface area contributed by atoms with Crippen LogP contribution in [0.4, 0.5) is 0 Å². The van der Waals surface area contributed by atoms with Gasteiger partial charge < -0.3 is 15.6 Å². The topological polar surface area (TPSA) is 55.5 Å². The van der Waals surface area contributed by atoms with Crippen LogP contribution in [0.25, 0.3) is 0 Å². The largest absolute Gasteiger partial charge is 0.508 e. The Morgan fingerprint density at radius 1 is 1.31 bits per heavy atom. The summed E-state index contributed by atoms with van der Waals surface area (Å²) in [6.45, 7) is 6.22. The molecule has 3 nitrogen and oxygen atoms in total. The molecule has 0 bridgehead atoms. The van der Waals surface area contributed by atoms with Gasteiger partial charge in [0.25, 0.3) is 0 Å². The molecule has 92 valence electrons. The van der Waals surface area contributed by atoms with Crippen LogP contribution in [-0.4, -0.2) is 12.2 Å². The molecule has 0 aliphatic rings. The fourth-order valence-electron chi connectivity index (χ4n) is 1.42. The molecule has 1 atom stereocenters. The Bertz CT molecular complexity index is 347. The molecule has 0 aliphatic carbocycles. The van der Waals surface area contributed by atoms with Gasteiger partial charge in [0.2, 0.25) is 0 Å². The first-order valence-electron chi connectivity index (χ1n) is 4.98. The number of ether oxygens (including phenoxy) is 1. The molecular formula is C12H20ClNO2. The van der Waals surface area contributed by atoms with Gasteiger partial charge in [-0.1, -0.05) is 26.8 Å². The summed E-state index contributed by atoms with van der Waals surface area (Å²) in [5.41, 5.74) is 7.02. The molecule has 0 aliphatic heterocycles. The fraction of sp³-hybridized carbons (Fsp3) is 0.500.